The van der Waals surface area contributed by atoms with Gasteiger partial charge in [0, 0.05) is 12.6 Å². The molecule has 1 saturated heterocycles. The van der Waals surface area contributed by atoms with E-state index in [0.717, 1.165) is 0 Å². The molecule has 1 fully saturated rings. The van der Waals surface area contributed by atoms with E-state index >= 15 is 0 Å². The van der Waals surface area contributed by atoms with Crippen molar-refractivity contribution in [3.8, 4) is 0 Å². The molecule has 0 aromatic rings. The van der Waals surface area contributed by atoms with Crippen LogP contribution >= 0.6 is 0 Å². The summed E-state index contributed by atoms with van der Waals surface area (Å²) in [5.74, 6) is 0. The van der Waals surface area contributed by atoms with E-state index < -0.39 is 0 Å². The number of nitrogens with zero attached hydrogens (tertiary/aromatic N) is 1. The topological polar surface area (TPSA) is 12.5 Å². The zero-order valence-corrected chi connectivity index (χ0v) is 9.42. The highest BCUT2D eigenvalue weighted by Gasteiger charge is 2.24. The van der Waals surface area contributed by atoms with Crippen molar-refractivity contribution in [2.24, 2.45) is 0 Å². The predicted octanol–water partition coefficient (Wildman–Crippen LogP) is 2.28. The summed E-state index contributed by atoms with van der Waals surface area (Å²) in [5.41, 5.74) is 0. The predicted molar refractivity (Wildman–Crippen MR) is 56.0 cm³/mol. The molecule has 2 heteroatoms. The molecule has 0 saturated carbocycles. The Morgan fingerprint density at radius 2 is 2.15 bits per heavy atom. The van der Waals surface area contributed by atoms with Crippen LogP contribution in [-0.2, 0) is 4.74 Å². The second kappa shape index (κ2) is 4.97. The Bertz CT molecular complexity index is 147. The maximum atomic E-state index is 5.83. The highest BCUT2D eigenvalue weighted by molar-refractivity contribution is 4.78. The zero-order chi connectivity index (χ0) is 9.84. The van der Waals surface area contributed by atoms with Gasteiger partial charge in [-0.3, -0.25) is 0 Å². The fourth-order valence-electron chi connectivity index (χ4n) is 2.16. The lowest BCUT2D eigenvalue weighted by atomic mass is 10.0. The van der Waals surface area contributed by atoms with Gasteiger partial charge in [0.15, 0.2) is 0 Å². The summed E-state index contributed by atoms with van der Waals surface area (Å²) >= 11 is 0. The molecule has 1 aliphatic rings. The van der Waals surface area contributed by atoms with Gasteiger partial charge in [-0.05, 0) is 40.2 Å². The highest BCUT2D eigenvalue weighted by Crippen LogP contribution is 2.20. The molecule has 13 heavy (non-hydrogen) atoms. The third-order valence-corrected chi connectivity index (χ3v) is 2.84. The number of hydrogen-bond donors (Lipinski definition) is 0. The van der Waals surface area contributed by atoms with E-state index in [1.807, 2.05) is 0 Å². The molecule has 0 amide bonds. The molecular weight excluding hydrogens is 162 g/mol. The second-order valence-corrected chi connectivity index (χ2v) is 4.31. The van der Waals surface area contributed by atoms with E-state index in [0.29, 0.717) is 18.2 Å². The second-order valence-electron chi connectivity index (χ2n) is 4.31. The molecule has 2 atom stereocenters. The number of piperidine rings is 1. The minimum Gasteiger partial charge on any atom is -0.375 e. The van der Waals surface area contributed by atoms with E-state index in [9.17, 15) is 0 Å². The molecule has 78 valence electrons. The van der Waals surface area contributed by atoms with Crippen molar-refractivity contribution in [1.29, 1.82) is 0 Å². The first-order valence-corrected chi connectivity index (χ1v) is 5.53. The standard InChI is InChI=1S/C11H23NO/c1-5-12-7-6-11(8-10(12)4)13-9(2)3/h9-11H,5-8H2,1-4H3/t10-,11+/m1/s1. The Labute approximate surface area is 82.3 Å². The smallest absolute Gasteiger partial charge is 0.0605 e. The normalized spacial score (nSPS) is 31.2. The Hall–Kier alpha value is -0.0800. The van der Waals surface area contributed by atoms with Gasteiger partial charge in [0.25, 0.3) is 0 Å². The van der Waals surface area contributed by atoms with Crippen molar-refractivity contribution in [2.45, 2.75) is 58.8 Å². The SMILES string of the molecule is CCN1CC[C@H](OC(C)C)C[C@H]1C. The van der Waals surface area contributed by atoms with E-state index in [-0.39, 0.29) is 0 Å². The molecule has 0 radical (unpaired) electrons. The van der Waals surface area contributed by atoms with Gasteiger partial charge in [-0.15, -0.1) is 0 Å². The van der Waals surface area contributed by atoms with Gasteiger partial charge in [-0.1, -0.05) is 6.92 Å². The van der Waals surface area contributed by atoms with Crippen LogP contribution in [0.3, 0.4) is 0 Å². The minimum absolute atomic E-state index is 0.380. The van der Waals surface area contributed by atoms with Crippen molar-refractivity contribution in [2.75, 3.05) is 13.1 Å². The molecule has 2 nitrogen and oxygen atoms in total. The van der Waals surface area contributed by atoms with E-state index in [4.69, 9.17) is 4.74 Å². The summed E-state index contributed by atoms with van der Waals surface area (Å²) in [5, 5.41) is 0. The van der Waals surface area contributed by atoms with Crippen molar-refractivity contribution in [3.63, 3.8) is 0 Å². The van der Waals surface area contributed by atoms with Crippen LogP contribution in [0.1, 0.15) is 40.5 Å². The van der Waals surface area contributed by atoms with Gasteiger partial charge in [-0.25, -0.2) is 0 Å². The number of rotatable bonds is 3. The summed E-state index contributed by atoms with van der Waals surface area (Å²) in [7, 11) is 0. The molecule has 1 rings (SSSR count). The highest BCUT2D eigenvalue weighted by atomic mass is 16.5. The molecule has 0 aromatic heterocycles. The minimum atomic E-state index is 0.380. The van der Waals surface area contributed by atoms with Gasteiger partial charge >= 0.3 is 0 Å². The van der Waals surface area contributed by atoms with E-state index in [1.54, 1.807) is 0 Å². The van der Waals surface area contributed by atoms with Crippen LogP contribution in [0.2, 0.25) is 0 Å². The maximum Gasteiger partial charge on any atom is 0.0605 e. The molecule has 0 bridgehead atoms. The average molecular weight is 185 g/mol. The molecule has 0 N–H and O–H groups in total. The molecular formula is C11H23NO. The summed E-state index contributed by atoms with van der Waals surface area (Å²) in [6, 6.07) is 0.697. The van der Waals surface area contributed by atoms with Crippen LogP contribution in [0.4, 0.5) is 0 Å². The van der Waals surface area contributed by atoms with Crippen LogP contribution in [-0.4, -0.2) is 36.2 Å². The van der Waals surface area contributed by atoms with Crippen molar-refractivity contribution in [1.82, 2.24) is 4.90 Å². The summed E-state index contributed by atoms with van der Waals surface area (Å²) in [4.78, 5) is 2.53. The molecule has 0 spiro atoms. The monoisotopic (exact) mass is 185 g/mol. The Kier molecular flexibility index (Phi) is 4.20. The third kappa shape index (κ3) is 3.28. The van der Waals surface area contributed by atoms with Crippen LogP contribution in [0.15, 0.2) is 0 Å². The van der Waals surface area contributed by atoms with Crippen LogP contribution in [0, 0.1) is 0 Å². The molecule has 1 heterocycles. The van der Waals surface area contributed by atoms with Crippen molar-refractivity contribution >= 4 is 0 Å². The van der Waals surface area contributed by atoms with Gasteiger partial charge < -0.3 is 9.64 Å². The number of likely N-dealkylation sites (tertiary alicyclic amines) is 1. The molecule has 0 aromatic carbocycles. The lowest BCUT2D eigenvalue weighted by Gasteiger charge is -2.37. The van der Waals surface area contributed by atoms with Crippen LogP contribution in [0.5, 0.6) is 0 Å². The van der Waals surface area contributed by atoms with E-state index in [1.165, 1.54) is 25.9 Å². The Morgan fingerprint density at radius 3 is 2.62 bits per heavy atom. The fraction of sp³-hybridized carbons (Fsp3) is 1.00. The number of hydrogen-bond acceptors (Lipinski definition) is 2. The Morgan fingerprint density at radius 1 is 1.46 bits per heavy atom. The van der Waals surface area contributed by atoms with Gasteiger partial charge in [0.05, 0.1) is 12.2 Å². The number of ether oxygens (including phenoxy) is 1. The summed E-state index contributed by atoms with van der Waals surface area (Å²) in [6.45, 7) is 11.2. The summed E-state index contributed by atoms with van der Waals surface area (Å²) in [6.07, 6.45) is 3.28. The first kappa shape index (κ1) is 11.0. The fourth-order valence-corrected chi connectivity index (χ4v) is 2.16. The lowest BCUT2D eigenvalue weighted by Crippen LogP contribution is -2.43. The van der Waals surface area contributed by atoms with Crippen molar-refractivity contribution < 1.29 is 4.74 Å². The zero-order valence-electron chi connectivity index (χ0n) is 9.42. The molecule has 0 unspecified atom stereocenters. The third-order valence-electron chi connectivity index (χ3n) is 2.84. The molecule has 1 aliphatic heterocycles. The quantitative estimate of drug-likeness (QED) is 0.669. The molecule has 0 aliphatic carbocycles. The largest absolute Gasteiger partial charge is 0.375 e. The van der Waals surface area contributed by atoms with Crippen LogP contribution in [0.25, 0.3) is 0 Å². The Balaban J connectivity index is 2.32. The average Bonchev–Trinajstić information content (AvgIpc) is 2.03. The van der Waals surface area contributed by atoms with E-state index in [2.05, 4.69) is 32.6 Å². The van der Waals surface area contributed by atoms with Gasteiger partial charge in [-0.2, -0.15) is 0 Å². The first-order valence-electron chi connectivity index (χ1n) is 5.53. The van der Waals surface area contributed by atoms with Crippen LogP contribution < -0.4 is 0 Å². The first-order chi connectivity index (χ1) is 6.13. The van der Waals surface area contributed by atoms with Crippen molar-refractivity contribution in [3.05, 3.63) is 0 Å². The summed E-state index contributed by atoms with van der Waals surface area (Å²) < 4.78 is 5.83. The lowest BCUT2D eigenvalue weighted by molar-refractivity contribution is -0.0403. The van der Waals surface area contributed by atoms with Gasteiger partial charge in [0.2, 0.25) is 0 Å². The maximum absolute atomic E-state index is 5.83. The van der Waals surface area contributed by atoms with Gasteiger partial charge in [0.1, 0.15) is 0 Å².